The maximum Gasteiger partial charge on any atom is 0.410 e. The second-order valence-electron chi connectivity index (χ2n) is 12.9. The highest BCUT2D eigenvalue weighted by atomic mass is 79.9. The normalized spacial score (nSPS) is 16.4. The second kappa shape index (κ2) is 14.6. The topological polar surface area (TPSA) is 121 Å². The third kappa shape index (κ3) is 8.32. The largest absolute Gasteiger partial charge is 0.494 e. The number of carbonyl (C=O) groups is 1. The number of methoxy groups -OCH3 is 1. The molecule has 248 valence electrons. The zero-order chi connectivity index (χ0) is 33.0. The van der Waals surface area contributed by atoms with Crippen molar-refractivity contribution in [2.24, 2.45) is 0 Å². The molecule has 0 unspecified atom stereocenters. The van der Waals surface area contributed by atoms with Crippen LogP contribution in [0, 0.1) is 0 Å². The van der Waals surface area contributed by atoms with Crippen LogP contribution in [0.3, 0.4) is 0 Å². The number of anilines is 6. The van der Waals surface area contributed by atoms with Crippen LogP contribution in [0.5, 0.6) is 5.75 Å². The molecule has 13 heteroatoms. The minimum absolute atomic E-state index is 0.221. The van der Waals surface area contributed by atoms with Crippen LogP contribution >= 0.6 is 23.9 Å². The van der Waals surface area contributed by atoms with Gasteiger partial charge in [-0.25, -0.2) is 9.78 Å². The SMILES string of the molecule is COc1cc(N2CCC(N3CCN(C(=O)OC(C)(C)C)CC3)CC2)c(N)cc1Nc1ncc(Br)c(Nc2ccccc2P(C)C)n1. The van der Waals surface area contributed by atoms with E-state index >= 15 is 0 Å². The molecule has 0 saturated carbocycles. The summed E-state index contributed by atoms with van der Waals surface area (Å²) in [5.41, 5.74) is 9.51. The number of nitrogens with zero attached hydrogens (tertiary/aromatic N) is 5. The van der Waals surface area contributed by atoms with Crippen molar-refractivity contribution in [2.45, 2.75) is 45.3 Å². The van der Waals surface area contributed by atoms with Crippen LogP contribution in [-0.2, 0) is 4.74 Å². The Kier molecular flexibility index (Phi) is 10.8. The highest BCUT2D eigenvalue weighted by Crippen LogP contribution is 2.38. The number of benzene rings is 2. The maximum atomic E-state index is 12.5. The van der Waals surface area contributed by atoms with Gasteiger partial charge in [-0.05, 0) is 80.3 Å². The van der Waals surface area contributed by atoms with Crippen LogP contribution in [0.2, 0.25) is 0 Å². The van der Waals surface area contributed by atoms with Gasteiger partial charge < -0.3 is 35.6 Å². The molecule has 1 aromatic heterocycles. The van der Waals surface area contributed by atoms with Crippen molar-refractivity contribution in [2.75, 3.05) is 81.0 Å². The van der Waals surface area contributed by atoms with Crippen molar-refractivity contribution in [1.29, 1.82) is 0 Å². The number of amides is 1. The summed E-state index contributed by atoms with van der Waals surface area (Å²) in [7, 11) is 1.36. The molecule has 5 rings (SSSR count). The number of ether oxygens (including phenoxy) is 2. The molecule has 1 amide bonds. The minimum Gasteiger partial charge on any atom is -0.494 e. The van der Waals surface area contributed by atoms with Gasteiger partial charge in [-0.2, -0.15) is 4.98 Å². The van der Waals surface area contributed by atoms with Crippen molar-refractivity contribution in [3.63, 3.8) is 0 Å². The summed E-state index contributed by atoms with van der Waals surface area (Å²) in [4.78, 5) is 28.4. The van der Waals surface area contributed by atoms with E-state index in [2.05, 4.69) is 72.9 Å². The number of halogens is 1. The number of nitrogens with two attached hydrogens (primary N) is 1. The van der Waals surface area contributed by atoms with Gasteiger partial charge in [0.2, 0.25) is 5.95 Å². The Morgan fingerprint density at radius 3 is 2.37 bits per heavy atom. The number of piperazine rings is 1. The predicted octanol–water partition coefficient (Wildman–Crippen LogP) is 6.21. The molecule has 3 heterocycles. The van der Waals surface area contributed by atoms with E-state index in [1.54, 1.807) is 13.3 Å². The Bertz CT molecular complexity index is 1520. The van der Waals surface area contributed by atoms with E-state index in [4.69, 9.17) is 20.2 Å². The average Bonchev–Trinajstić information content (AvgIpc) is 3.02. The number of aromatic nitrogens is 2. The molecule has 0 bridgehead atoms. The number of para-hydroxylation sites is 1. The van der Waals surface area contributed by atoms with Crippen molar-refractivity contribution in [1.82, 2.24) is 19.8 Å². The number of hydrogen-bond donors (Lipinski definition) is 3. The van der Waals surface area contributed by atoms with Gasteiger partial charge in [-0.15, -0.1) is 0 Å². The van der Waals surface area contributed by atoms with Crippen molar-refractivity contribution < 1.29 is 14.3 Å². The van der Waals surface area contributed by atoms with Crippen LogP contribution in [0.4, 0.5) is 39.3 Å². The molecule has 4 N–H and O–H groups in total. The van der Waals surface area contributed by atoms with Gasteiger partial charge in [0.1, 0.15) is 17.2 Å². The summed E-state index contributed by atoms with van der Waals surface area (Å²) in [6.45, 7) is 15.1. The van der Waals surface area contributed by atoms with E-state index < -0.39 is 5.60 Å². The van der Waals surface area contributed by atoms with Crippen LogP contribution in [0.1, 0.15) is 33.6 Å². The molecule has 2 aromatic carbocycles. The number of hydrogen-bond acceptors (Lipinski definition) is 10. The smallest absolute Gasteiger partial charge is 0.410 e. The third-order valence-electron chi connectivity index (χ3n) is 8.27. The Hall–Kier alpha value is -3.34. The van der Waals surface area contributed by atoms with Gasteiger partial charge in [0.05, 0.1) is 28.6 Å². The first kappa shape index (κ1) is 34.0. The Morgan fingerprint density at radius 2 is 1.72 bits per heavy atom. The minimum atomic E-state index is -0.478. The van der Waals surface area contributed by atoms with Gasteiger partial charge in [0.15, 0.2) is 0 Å². The monoisotopic (exact) mass is 712 g/mol. The van der Waals surface area contributed by atoms with Gasteiger partial charge in [-0.3, -0.25) is 4.90 Å². The maximum absolute atomic E-state index is 12.5. The van der Waals surface area contributed by atoms with Crippen molar-refractivity contribution in [3.05, 3.63) is 47.1 Å². The molecule has 0 aliphatic carbocycles. The zero-order valence-corrected chi connectivity index (χ0v) is 30.1. The fourth-order valence-corrected chi connectivity index (χ4v) is 7.21. The summed E-state index contributed by atoms with van der Waals surface area (Å²) in [5, 5.41) is 8.06. The van der Waals surface area contributed by atoms with E-state index in [0.29, 0.717) is 48.0 Å². The molecular formula is C33H46BrN8O3P. The third-order valence-corrected chi connectivity index (χ3v) is 10.2. The molecule has 11 nitrogen and oxygen atoms in total. The van der Waals surface area contributed by atoms with Crippen molar-refractivity contribution >= 4 is 69.8 Å². The van der Waals surface area contributed by atoms with E-state index in [9.17, 15) is 4.79 Å². The molecule has 2 aliphatic heterocycles. The summed E-state index contributed by atoms with van der Waals surface area (Å²) in [6.07, 6.45) is 3.56. The first-order valence-electron chi connectivity index (χ1n) is 15.7. The lowest BCUT2D eigenvalue weighted by Crippen LogP contribution is -2.55. The summed E-state index contributed by atoms with van der Waals surface area (Å²) >= 11 is 3.59. The first-order valence-corrected chi connectivity index (χ1v) is 18.7. The van der Waals surface area contributed by atoms with Gasteiger partial charge in [-0.1, -0.05) is 26.1 Å². The Morgan fingerprint density at radius 1 is 1.02 bits per heavy atom. The molecule has 46 heavy (non-hydrogen) atoms. The number of nitrogen functional groups attached to an aromatic ring is 1. The Labute approximate surface area is 282 Å². The quantitative estimate of drug-likeness (QED) is 0.184. The summed E-state index contributed by atoms with van der Waals surface area (Å²) in [6, 6.07) is 12.7. The average molecular weight is 714 g/mol. The number of carbonyl (C=O) groups excluding carboxylic acids is 1. The standard InChI is InChI=1S/C33H46BrN8O3P/c1-33(2,3)45-32(43)42-17-15-40(16-18-42)22-11-13-41(14-12-22)27-20-28(44-4)26(19-24(27)35)38-31-36-21-23(34)30(39-31)37-25-9-7-8-10-29(25)46(5)6/h7-10,19-22H,11-18,35H2,1-6H3,(H2,36,37,38,39). The van der Waals surface area contributed by atoms with E-state index in [1.807, 2.05) is 43.9 Å². The molecule has 0 radical (unpaired) electrons. The second-order valence-corrected chi connectivity index (χ2v) is 16.0. The molecule has 0 atom stereocenters. The van der Waals surface area contributed by atoms with E-state index in [0.717, 1.165) is 54.9 Å². The lowest BCUT2D eigenvalue weighted by atomic mass is 10.0. The van der Waals surface area contributed by atoms with Crippen LogP contribution < -0.4 is 31.3 Å². The molecule has 0 spiro atoms. The van der Waals surface area contributed by atoms with E-state index in [-0.39, 0.29) is 14.0 Å². The lowest BCUT2D eigenvalue weighted by molar-refractivity contribution is 0.00902. The fourth-order valence-electron chi connectivity index (χ4n) is 5.93. The molecule has 2 saturated heterocycles. The first-order chi connectivity index (χ1) is 21.9. The molecule has 3 aromatic rings. The Balaban J connectivity index is 1.21. The van der Waals surface area contributed by atoms with Crippen LogP contribution in [-0.4, -0.2) is 97.2 Å². The van der Waals surface area contributed by atoms with Gasteiger partial charge in [0, 0.05) is 63.3 Å². The van der Waals surface area contributed by atoms with E-state index in [1.165, 1.54) is 5.30 Å². The van der Waals surface area contributed by atoms with Crippen molar-refractivity contribution in [3.8, 4) is 5.75 Å². The lowest BCUT2D eigenvalue weighted by Gasteiger charge is -2.43. The molecule has 2 aliphatic rings. The number of rotatable bonds is 8. The predicted molar refractivity (Wildman–Crippen MR) is 193 cm³/mol. The number of nitrogens with one attached hydrogen (secondary N) is 2. The van der Waals surface area contributed by atoms with Gasteiger partial charge >= 0.3 is 6.09 Å². The van der Waals surface area contributed by atoms with Crippen LogP contribution in [0.15, 0.2) is 47.1 Å². The summed E-state index contributed by atoms with van der Waals surface area (Å²) in [5.74, 6) is 1.76. The van der Waals surface area contributed by atoms with Crippen LogP contribution in [0.25, 0.3) is 0 Å². The fraction of sp³-hybridized carbons (Fsp3) is 0.485. The van der Waals surface area contributed by atoms with Gasteiger partial charge in [0.25, 0.3) is 0 Å². The summed E-state index contributed by atoms with van der Waals surface area (Å²) < 4.78 is 12.1. The zero-order valence-electron chi connectivity index (χ0n) is 27.6. The highest BCUT2D eigenvalue weighted by Gasteiger charge is 2.31. The molecule has 2 fully saturated rings. The molecular weight excluding hydrogens is 667 g/mol. The highest BCUT2D eigenvalue weighted by molar-refractivity contribution is 9.10. The number of piperidine rings is 1.